The number of methoxy groups -OCH3 is 1. The van der Waals surface area contributed by atoms with E-state index in [0.29, 0.717) is 0 Å². The second-order valence-electron chi connectivity index (χ2n) is 2.60. The van der Waals surface area contributed by atoms with E-state index in [-0.39, 0.29) is 11.4 Å². The van der Waals surface area contributed by atoms with Crippen LogP contribution in [0.15, 0.2) is 18.2 Å². The summed E-state index contributed by atoms with van der Waals surface area (Å²) in [5, 5.41) is 1.65. The first-order valence-electron chi connectivity index (χ1n) is 3.85. The predicted octanol–water partition coefficient (Wildman–Crippen LogP) is 0.843. The van der Waals surface area contributed by atoms with Crippen molar-refractivity contribution in [2.45, 2.75) is 0 Å². The van der Waals surface area contributed by atoms with Crippen LogP contribution in [0.25, 0.3) is 0 Å². The molecule has 0 heterocycles. The maximum absolute atomic E-state index is 13.4. The predicted molar refractivity (Wildman–Crippen MR) is 51.8 cm³/mol. The first kappa shape index (κ1) is 11.9. The largest absolute Gasteiger partial charge is 0.494 e. The molecule has 0 aliphatic rings. The molecule has 0 spiro atoms. The monoisotopic (exact) mass is 236 g/mol. The number of ether oxygens (including phenoxy) is 1. The highest BCUT2D eigenvalue weighted by Crippen LogP contribution is 2.29. The van der Waals surface area contributed by atoms with E-state index >= 15 is 0 Å². The number of hydrogen-bond acceptors (Lipinski definition) is 3. The van der Waals surface area contributed by atoms with Crippen molar-refractivity contribution in [3.05, 3.63) is 24.0 Å². The molecule has 6 nitrogen and oxygen atoms in total. The summed E-state index contributed by atoms with van der Waals surface area (Å²) < 4.78 is 28.5. The summed E-state index contributed by atoms with van der Waals surface area (Å²) in [7, 11) is -3.15. The van der Waals surface area contributed by atoms with Crippen LogP contribution in [0.4, 0.5) is 10.1 Å². The average Bonchev–Trinajstić information content (AvgIpc) is 2.15. The molecule has 84 valence electrons. The van der Waals surface area contributed by atoms with Gasteiger partial charge in [0.1, 0.15) is 0 Å². The van der Waals surface area contributed by atoms with Crippen LogP contribution in [-0.2, 0) is 4.57 Å². The van der Waals surface area contributed by atoms with Crippen molar-refractivity contribution in [2.24, 2.45) is 0 Å². The van der Waals surface area contributed by atoms with E-state index in [1.54, 1.807) is 5.20 Å². The van der Waals surface area contributed by atoms with Crippen LogP contribution >= 0.6 is 7.75 Å². The van der Waals surface area contributed by atoms with Crippen LogP contribution in [0.3, 0.4) is 0 Å². The molecule has 0 aromatic heterocycles. The number of hydrogen-bond donors (Lipinski definition) is 4. The van der Waals surface area contributed by atoms with Gasteiger partial charge in [-0.05, 0) is 12.1 Å². The zero-order valence-corrected chi connectivity index (χ0v) is 8.66. The lowest BCUT2D eigenvalue weighted by Crippen LogP contribution is -2.18. The van der Waals surface area contributed by atoms with Gasteiger partial charge in [0.25, 0.3) is 0 Å². The molecule has 0 aliphatic carbocycles. The van der Waals surface area contributed by atoms with E-state index in [2.05, 4.69) is 10.2 Å². The number of anilines is 1. The fraction of sp³-hybridized carbons (Fsp3) is 0.143. The van der Waals surface area contributed by atoms with Gasteiger partial charge in [0.2, 0.25) is 0 Å². The van der Waals surface area contributed by atoms with Gasteiger partial charge in [0.15, 0.2) is 11.6 Å². The van der Waals surface area contributed by atoms with Gasteiger partial charge in [0, 0.05) is 0 Å². The van der Waals surface area contributed by atoms with E-state index in [1.807, 2.05) is 0 Å². The molecule has 0 fully saturated rings. The summed E-state index contributed by atoms with van der Waals surface area (Å²) >= 11 is 0. The molecule has 0 saturated heterocycles. The number of hydrazine groups is 1. The Morgan fingerprint density at radius 3 is 2.67 bits per heavy atom. The van der Waals surface area contributed by atoms with Crippen molar-refractivity contribution in [1.29, 1.82) is 0 Å². The third-order valence-corrected chi connectivity index (χ3v) is 1.92. The summed E-state index contributed by atoms with van der Waals surface area (Å²) in [4.78, 5) is 17.0. The van der Waals surface area contributed by atoms with E-state index in [1.165, 1.54) is 25.3 Å². The fourth-order valence-electron chi connectivity index (χ4n) is 0.898. The van der Waals surface area contributed by atoms with Gasteiger partial charge in [-0.3, -0.25) is 0 Å². The van der Waals surface area contributed by atoms with Crippen molar-refractivity contribution in [2.75, 3.05) is 12.5 Å². The van der Waals surface area contributed by atoms with Crippen LogP contribution in [0.1, 0.15) is 0 Å². The van der Waals surface area contributed by atoms with Gasteiger partial charge in [-0.25, -0.2) is 8.96 Å². The lowest BCUT2D eigenvalue weighted by atomic mass is 10.3. The van der Waals surface area contributed by atoms with Gasteiger partial charge < -0.3 is 19.9 Å². The molecule has 15 heavy (non-hydrogen) atoms. The molecule has 0 bridgehead atoms. The Morgan fingerprint density at radius 2 is 2.13 bits per heavy atom. The molecule has 0 aliphatic heterocycles. The van der Waals surface area contributed by atoms with Gasteiger partial charge in [-0.1, -0.05) is 6.07 Å². The maximum atomic E-state index is 13.4. The smallest absolute Gasteiger partial charge is 0.417 e. The topological polar surface area (TPSA) is 90.8 Å². The van der Waals surface area contributed by atoms with E-state index in [0.717, 1.165) is 0 Å². The Balaban J connectivity index is 2.82. The summed E-state index contributed by atoms with van der Waals surface area (Å²) in [6, 6.07) is 4.17. The molecule has 0 unspecified atom stereocenters. The summed E-state index contributed by atoms with van der Waals surface area (Å²) in [5.74, 6) is -0.756. The minimum atomic E-state index is -4.44. The SMILES string of the molecule is COc1cccc(NNP(=O)(O)O)c1F. The lowest BCUT2D eigenvalue weighted by Gasteiger charge is -2.11. The van der Waals surface area contributed by atoms with E-state index < -0.39 is 13.6 Å². The average molecular weight is 236 g/mol. The quantitative estimate of drug-likeness (QED) is 0.457. The Hall–Kier alpha value is -1.14. The molecule has 0 saturated carbocycles. The summed E-state index contributed by atoms with van der Waals surface area (Å²) in [6.07, 6.45) is 0. The molecule has 0 radical (unpaired) electrons. The first-order chi connectivity index (χ1) is 6.94. The van der Waals surface area contributed by atoms with Crippen LogP contribution in [0.5, 0.6) is 5.75 Å². The second kappa shape index (κ2) is 4.59. The molecule has 1 rings (SSSR count). The zero-order chi connectivity index (χ0) is 11.5. The maximum Gasteiger partial charge on any atom is 0.417 e. The standard InChI is InChI=1S/C7H10FN2O4P/c1-14-6-4-2-3-5(7(6)8)9-10-15(11,12)13/h2-4,9H,1H3,(H3,10,11,12,13). The lowest BCUT2D eigenvalue weighted by molar-refractivity contribution is 0.361. The Morgan fingerprint density at radius 1 is 1.47 bits per heavy atom. The molecular weight excluding hydrogens is 226 g/mol. The highest BCUT2D eigenvalue weighted by molar-refractivity contribution is 7.49. The van der Waals surface area contributed by atoms with E-state index in [9.17, 15) is 8.96 Å². The number of benzene rings is 1. The fourth-order valence-corrected chi connectivity index (χ4v) is 1.16. The number of nitrogens with one attached hydrogen (secondary N) is 2. The summed E-state index contributed by atoms with van der Waals surface area (Å²) in [6.45, 7) is 0. The molecular formula is C7H10FN2O4P. The normalized spacial score (nSPS) is 11.2. The minimum absolute atomic E-state index is 0.0208. The highest BCUT2D eigenvalue weighted by Gasteiger charge is 2.14. The molecule has 4 N–H and O–H groups in total. The highest BCUT2D eigenvalue weighted by atomic mass is 31.2. The van der Waals surface area contributed by atoms with Gasteiger partial charge in [-0.15, -0.1) is 5.20 Å². The van der Waals surface area contributed by atoms with Crippen LogP contribution in [0.2, 0.25) is 0 Å². The molecule has 0 atom stereocenters. The third-order valence-electron chi connectivity index (χ3n) is 1.52. The molecule has 8 heteroatoms. The summed E-state index contributed by atoms with van der Waals surface area (Å²) in [5.41, 5.74) is 1.95. The Labute approximate surface area is 85.3 Å². The molecule has 1 aromatic carbocycles. The van der Waals surface area contributed by atoms with Crippen molar-refractivity contribution in [3.8, 4) is 5.75 Å². The van der Waals surface area contributed by atoms with Gasteiger partial charge in [-0.2, -0.15) is 0 Å². The number of halogens is 1. The Kier molecular flexibility index (Phi) is 3.65. The van der Waals surface area contributed by atoms with Gasteiger partial charge in [0.05, 0.1) is 12.8 Å². The first-order valence-corrected chi connectivity index (χ1v) is 5.46. The van der Waals surface area contributed by atoms with Crippen LogP contribution in [0, 0.1) is 5.82 Å². The minimum Gasteiger partial charge on any atom is -0.494 e. The van der Waals surface area contributed by atoms with Crippen molar-refractivity contribution in [1.82, 2.24) is 5.20 Å². The van der Waals surface area contributed by atoms with Crippen LogP contribution in [-0.4, -0.2) is 16.9 Å². The number of rotatable bonds is 4. The Bertz CT molecular complexity index is 395. The van der Waals surface area contributed by atoms with Crippen molar-refractivity contribution < 1.29 is 23.5 Å². The molecule has 1 aromatic rings. The second-order valence-corrected chi connectivity index (χ2v) is 3.91. The van der Waals surface area contributed by atoms with Crippen molar-refractivity contribution >= 4 is 13.4 Å². The van der Waals surface area contributed by atoms with Gasteiger partial charge >= 0.3 is 7.75 Å². The zero-order valence-electron chi connectivity index (χ0n) is 7.77. The van der Waals surface area contributed by atoms with E-state index in [4.69, 9.17) is 9.79 Å². The molecule has 0 amide bonds. The van der Waals surface area contributed by atoms with Crippen LogP contribution < -0.4 is 15.4 Å². The van der Waals surface area contributed by atoms with Crippen molar-refractivity contribution in [3.63, 3.8) is 0 Å². The third kappa shape index (κ3) is 3.49.